The highest BCUT2D eigenvalue weighted by Gasteiger charge is 2.49. The highest BCUT2D eigenvalue weighted by molar-refractivity contribution is 7.89. The molecule has 0 aliphatic carbocycles. The van der Waals surface area contributed by atoms with Crippen LogP contribution in [0.2, 0.25) is 0 Å². The first-order chi connectivity index (χ1) is 25.8. The predicted molar refractivity (Wildman–Crippen MR) is 192 cm³/mol. The molecular weight excluding hydrogens is 725 g/mol. The molecule has 0 radical (unpaired) electrons. The number of aliphatic hydroxyl groups is 1. The van der Waals surface area contributed by atoms with Crippen molar-refractivity contribution >= 4 is 22.2 Å². The minimum atomic E-state index is -4.31. The van der Waals surface area contributed by atoms with Gasteiger partial charge in [0.25, 0.3) is 0 Å². The fourth-order valence-corrected chi connectivity index (χ4v) is 8.92. The number of halogens is 1. The van der Waals surface area contributed by atoms with Crippen LogP contribution in [0.4, 0.5) is 14.0 Å². The zero-order chi connectivity index (χ0) is 38.5. The van der Waals surface area contributed by atoms with Crippen molar-refractivity contribution in [3.63, 3.8) is 0 Å². The molecule has 14 nitrogen and oxygen atoms in total. The molecule has 3 N–H and O–H groups in total. The molecule has 5 atom stereocenters. The Bertz CT molecular complexity index is 1870. The molecule has 2 saturated heterocycles. The van der Waals surface area contributed by atoms with E-state index in [4.69, 9.17) is 23.7 Å². The summed E-state index contributed by atoms with van der Waals surface area (Å²) in [5.74, 6) is 0.155. The summed E-state index contributed by atoms with van der Waals surface area (Å²) in [6.07, 6.45) is -2.39. The number of hydrogen-bond donors (Lipinski definition) is 3. The van der Waals surface area contributed by atoms with Crippen LogP contribution in [0.5, 0.6) is 17.2 Å². The number of aliphatic hydroxyl groups excluding tert-OH is 1. The van der Waals surface area contributed by atoms with Crippen molar-refractivity contribution < 1.29 is 56.3 Å². The van der Waals surface area contributed by atoms with Gasteiger partial charge in [-0.25, -0.2) is 22.4 Å². The molecule has 3 aromatic rings. The predicted octanol–water partition coefficient (Wildman–Crippen LogP) is 4.85. The van der Waals surface area contributed by atoms with E-state index in [1.807, 2.05) is 44.2 Å². The first kappa shape index (κ1) is 39.2. The molecule has 0 unspecified atom stereocenters. The normalized spacial score (nSPS) is 20.4. The van der Waals surface area contributed by atoms with Crippen LogP contribution in [0.25, 0.3) is 0 Å². The second-order valence-corrected chi connectivity index (χ2v) is 16.4. The molecule has 2 amide bonds. The fourth-order valence-electron chi connectivity index (χ4n) is 7.26. The Morgan fingerprint density at radius 2 is 1.78 bits per heavy atom. The van der Waals surface area contributed by atoms with Crippen molar-refractivity contribution in [1.29, 1.82) is 0 Å². The number of carbonyl (C=O) groups is 2. The third kappa shape index (κ3) is 9.41. The number of carbonyl (C=O) groups excluding carboxylic acids is 1. The van der Waals surface area contributed by atoms with E-state index in [-0.39, 0.29) is 55.2 Å². The number of amides is 2. The van der Waals surface area contributed by atoms with E-state index in [2.05, 4.69) is 5.32 Å². The van der Waals surface area contributed by atoms with Crippen LogP contribution in [0.1, 0.15) is 38.7 Å². The SMILES string of the molecule is CC(C)(CCCNC(=O)Oc1ccc(F)cc1)CN(C[C@@H](O)[C@H](Cc1ccccc1)N(C(=O)O)[C@H]1CO[C@H]2OCC[C@H]21)S(=O)(=O)c1ccc2c(c1)OCO2. The third-order valence-electron chi connectivity index (χ3n) is 9.98. The lowest BCUT2D eigenvalue weighted by Gasteiger charge is -2.40. The van der Waals surface area contributed by atoms with Crippen LogP contribution >= 0.6 is 0 Å². The van der Waals surface area contributed by atoms with Crippen molar-refractivity contribution in [3.8, 4) is 17.2 Å². The summed E-state index contributed by atoms with van der Waals surface area (Å²) in [6, 6.07) is 16.8. The number of fused-ring (bicyclic) bond motifs is 2. The number of nitrogens with zero attached hydrogens (tertiary/aromatic N) is 2. The van der Waals surface area contributed by atoms with Crippen molar-refractivity contribution in [2.75, 3.05) is 39.6 Å². The highest BCUT2D eigenvalue weighted by Crippen LogP contribution is 2.38. The molecule has 292 valence electrons. The maximum absolute atomic E-state index is 14.5. The zero-order valence-corrected chi connectivity index (χ0v) is 31.0. The summed E-state index contributed by atoms with van der Waals surface area (Å²) in [6.45, 7) is 3.93. The molecular formula is C38H46FN3O11S. The molecule has 54 heavy (non-hydrogen) atoms. The Labute approximate surface area is 313 Å². The molecule has 2 fully saturated rings. The number of benzene rings is 3. The maximum Gasteiger partial charge on any atom is 0.412 e. The summed E-state index contributed by atoms with van der Waals surface area (Å²) in [7, 11) is -4.31. The monoisotopic (exact) mass is 771 g/mol. The van der Waals surface area contributed by atoms with E-state index in [1.165, 1.54) is 51.7 Å². The second-order valence-electron chi connectivity index (χ2n) is 14.5. The van der Waals surface area contributed by atoms with Crippen LogP contribution in [-0.2, 0) is 25.9 Å². The Kier molecular flexibility index (Phi) is 12.3. The molecule has 0 aromatic heterocycles. The van der Waals surface area contributed by atoms with Crippen LogP contribution in [-0.4, -0.2) is 104 Å². The van der Waals surface area contributed by atoms with Crippen LogP contribution in [0.15, 0.2) is 77.7 Å². The Hall–Kier alpha value is -4.48. The minimum Gasteiger partial charge on any atom is -0.465 e. The largest absolute Gasteiger partial charge is 0.465 e. The second kappa shape index (κ2) is 16.9. The molecule has 3 aliphatic heterocycles. The lowest BCUT2D eigenvalue weighted by atomic mass is 9.87. The summed E-state index contributed by atoms with van der Waals surface area (Å²) >= 11 is 0. The molecule has 3 heterocycles. The van der Waals surface area contributed by atoms with Gasteiger partial charge >= 0.3 is 12.2 Å². The Morgan fingerprint density at radius 1 is 1.04 bits per heavy atom. The van der Waals surface area contributed by atoms with Crippen molar-refractivity contribution in [2.45, 2.75) is 68.9 Å². The quantitative estimate of drug-likeness (QED) is 0.170. The average Bonchev–Trinajstić information content (AvgIpc) is 3.89. The Morgan fingerprint density at radius 3 is 2.52 bits per heavy atom. The van der Waals surface area contributed by atoms with E-state index < -0.39 is 64.5 Å². The molecule has 0 saturated carbocycles. The van der Waals surface area contributed by atoms with E-state index in [0.717, 1.165) is 5.56 Å². The van der Waals surface area contributed by atoms with E-state index in [9.17, 15) is 32.6 Å². The van der Waals surface area contributed by atoms with Gasteiger partial charge in [-0.2, -0.15) is 4.31 Å². The van der Waals surface area contributed by atoms with Crippen LogP contribution in [0.3, 0.4) is 0 Å². The third-order valence-corrected chi connectivity index (χ3v) is 11.8. The fraction of sp³-hybridized carbons (Fsp3) is 0.474. The van der Waals surface area contributed by atoms with E-state index in [0.29, 0.717) is 31.6 Å². The molecule has 3 aromatic carbocycles. The van der Waals surface area contributed by atoms with Crippen molar-refractivity contribution in [1.82, 2.24) is 14.5 Å². The van der Waals surface area contributed by atoms with Gasteiger partial charge in [0.2, 0.25) is 16.8 Å². The number of sulfonamides is 1. The van der Waals surface area contributed by atoms with Crippen molar-refractivity contribution in [3.05, 3.63) is 84.2 Å². The van der Waals surface area contributed by atoms with Gasteiger partial charge in [-0.3, -0.25) is 4.90 Å². The summed E-state index contributed by atoms with van der Waals surface area (Å²) < 4.78 is 70.9. The standard InChI is InChI=1S/C38H46FN3O11S/c1-38(2,16-6-17-40-36(44)53-27-11-9-26(39)10-12-27)23-41(54(47,48)28-13-14-33-34(20-28)52-24-51-33)21-32(43)30(19-25-7-4-3-5-8-25)42(37(45)46)31-22-50-35-29(31)15-18-49-35/h3-5,7-14,20,29-32,35,43H,6,15-19,21-24H2,1-2H3,(H,40,44)(H,45,46)/t29-,30-,31-,32+,35+/m0/s1. The number of nitrogens with one attached hydrogen (secondary N) is 1. The van der Waals surface area contributed by atoms with Gasteiger partial charge in [0.1, 0.15) is 11.6 Å². The zero-order valence-electron chi connectivity index (χ0n) is 30.1. The number of hydrogen-bond acceptors (Lipinski definition) is 10. The first-order valence-electron chi connectivity index (χ1n) is 17.9. The van der Waals surface area contributed by atoms with Crippen LogP contribution in [0, 0.1) is 17.2 Å². The topological polar surface area (TPSA) is 173 Å². The van der Waals surface area contributed by atoms with Gasteiger partial charge in [-0.05, 0) is 73.1 Å². The number of carboxylic acid groups (broad SMARTS) is 1. The molecule has 16 heteroatoms. The van der Waals surface area contributed by atoms with Gasteiger partial charge in [-0.15, -0.1) is 0 Å². The summed E-state index contributed by atoms with van der Waals surface area (Å²) in [4.78, 5) is 26.5. The Balaban J connectivity index is 1.23. The van der Waals surface area contributed by atoms with E-state index in [1.54, 1.807) is 0 Å². The highest BCUT2D eigenvalue weighted by atomic mass is 32.2. The maximum atomic E-state index is 14.5. The van der Waals surface area contributed by atoms with Gasteiger partial charge in [0, 0.05) is 31.6 Å². The number of ether oxygens (including phenoxy) is 5. The average molecular weight is 772 g/mol. The van der Waals surface area contributed by atoms with Crippen LogP contribution < -0.4 is 19.5 Å². The summed E-state index contributed by atoms with van der Waals surface area (Å²) in [5, 5.41) is 25.4. The molecule has 0 spiro atoms. The van der Waals surface area contributed by atoms with Crippen molar-refractivity contribution in [2.24, 2.45) is 11.3 Å². The smallest absolute Gasteiger partial charge is 0.412 e. The van der Waals surface area contributed by atoms with Gasteiger partial charge in [0.05, 0.1) is 36.3 Å². The molecule has 0 bridgehead atoms. The lowest BCUT2D eigenvalue weighted by molar-refractivity contribution is -0.0906. The number of rotatable bonds is 16. The van der Waals surface area contributed by atoms with E-state index >= 15 is 0 Å². The van der Waals surface area contributed by atoms with Gasteiger partial charge < -0.3 is 39.2 Å². The van der Waals surface area contributed by atoms with Gasteiger partial charge in [-0.1, -0.05) is 44.2 Å². The summed E-state index contributed by atoms with van der Waals surface area (Å²) in [5.41, 5.74) is 0.0720. The lowest BCUT2D eigenvalue weighted by Crippen LogP contribution is -2.58. The minimum absolute atomic E-state index is 0.0519. The molecule has 6 rings (SSSR count). The molecule has 3 aliphatic rings. The first-order valence-corrected chi connectivity index (χ1v) is 19.3. The van der Waals surface area contributed by atoms with Gasteiger partial charge in [0.15, 0.2) is 17.8 Å².